The Morgan fingerprint density at radius 3 is 2.69 bits per heavy atom. The van der Waals surface area contributed by atoms with Crippen LogP contribution in [0.1, 0.15) is 28.7 Å². The second kappa shape index (κ2) is 4.32. The van der Waals surface area contributed by atoms with Crippen molar-refractivity contribution >= 4 is 17.3 Å². The van der Waals surface area contributed by atoms with E-state index in [-0.39, 0.29) is 5.97 Å². The summed E-state index contributed by atoms with van der Waals surface area (Å²) < 4.78 is 4.97. The molecule has 0 aliphatic carbocycles. The van der Waals surface area contributed by atoms with Gasteiger partial charge in [-0.15, -0.1) is 10.2 Å². The van der Waals surface area contributed by atoms with Crippen molar-refractivity contribution in [2.45, 2.75) is 20.8 Å². The number of hydrogen-bond acceptors (Lipinski definition) is 5. The molecule has 5 heteroatoms. The number of hydrogen-bond donors (Lipinski definition) is 0. The molecule has 0 radical (unpaired) electrons. The molecule has 0 fully saturated rings. The molecule has 4 nitrogen and oxygen atoms in total. The first-order valence-corrected chi connectivity index (χ1v) is 4.88. The number of carbonyl (C=O) groups excluding carboxylic acids is 1. The molecule has 13 heavy (non-hydrogen) atoms. The minimum atomic E-state index is -0.376. The maximum absolute atomic E-state index is 11.2. The fraction of sp³-hybridized carbons (Fsp3) is 0.625. The molecule has 0 aromatic carbocycles. The van der Waals surface area contributed by atoms with Crippen LogP contribution in [0.3, 0.4) is 0 Å². The van der Waals surface area contributed by atoms with Gasteiger partial charge >= 0.3 is 5.97 Å². The van der Waals surface area contributed by atoms with Crippen molar-refractivity contribution < 1.29 is 9.53 Å². The molecule has 72 valence electrons. The van der Waals surface area contributed by atoms with Crippen LogP contribution >= 0.6 is 11.3 Å². The number of aromatic nitrogens is 2. The van der Waals surface area contributed by atoms with Crippen LogP contribution in [0.5, 0.6) is 0 Å². The summed E-state index contributed by atoms with van der Waals surface area (Å²) in [5.74, 6) is -0.0303. The van der Waals surface area contributed by atoms with Gasteiger partial charge in [0, 0.05) is 0 Å². The summed E-state index contributed by atoms with van der Waals surface area (Å²) in [5, 5.41) is 8.53. The van der Waals surface area contributed by atoms with Crippen molar-refractivity contribution in [3.63, 3.8) is 0 Å². The highest BCUT2D eigenvalue weighted by Gasteiger charge is 2.12. The Morgan fingerprint density at radius 2 is 2.23 bits per heavy atom. The van der Waals surface area contributed by atoms with Crippen LogP contribution in [0.2, 0.25) is 0 Å². The molecular formula is C8H12N2O2S. The summed E-state index contributed by atoms with van der Waals surface area (Å²) in [6, 6.07) is 0. The Kier molecular flexibility index (Phi) is 3.36. The van der Waals surface area contributed by atoms with Crippen molar-refractivity contribution in [1.82, 2.24) is 10.2 Å². The summed E-state index contributed by atoms with van der Waals surface area (Å²) in [6.45, 7) is 6.20. The second-order valence-corrected chi connectivity index (χ2v) is 4.30. The molecule has 0 saturated carbocycles. The summed E-state index contributed by atoms with van der Waals surface area (Å²) in [5.41, 5.74) is 0. The molecule has 1 aromatic rings. The maximum atomic E-state index is 11.2. The largest absolute Gasteiger partial charge is 0.460 e. The molecule has 0 N–H and O–H groups in total. The normalized spacial score (nSPS) is 10.5. The lowest BCUT2D eigenvalue weighted by atomic mass is 10.2. The van der Waals surface area contributed by atoms with E-state index in [1.807, 2.05) is 13.8 Å². The molecule has 1 heterocycles. The van der Waals surface area contributed by atoms with E-state index >= 15 is 0 Å². The van der Waals surface area contributed by atoms with Gasteiger partial charge in [0.1, 0.15) is 5.01 Å². The molecule has 0 aliphatic heterocycles. The second-order valence-electron chi connectivity index (χ2n) is 3.12. The van der Waals surface area contributed by atoms with Crippen LogP contribution in [0, 0.1) is 12.8 Å². The van der Waals surface area contributed by atoms with Gasteiger partial charge in [-0.3, -0.25) is 0 Å². The van der Waals surface area contributed by atoms with Gasteiger partial charge in [0.15, 0.2) is 0 Å². The van der Waals surface area contributed by atoms with Crippen LogP contribution < -0.4 is 0 Å². The summed E-state index contributed by atoms with van der Waals surface area (Å²) >= 11 is 1.25. The van der Waals surface area contributed by atoms with Crippen molar-refractivity contribution in [2.24, 2.45) is 5.92 Å². The van der Waals surface area contributed by atoms with Crippen molar-refractivity contribution in [3.8, 4) is 0 Å². The average molecular weight is 200 g/mol. The molecule has 1 rings (SSSR count). The first-order chi connectivity index (χ1) is 6.09. The van der Waals surface area contributed by atoms with Gasteiger partial charge in [-0.25, -0.2) is 4.79 Å². The van der Waals surface area contributed by atoms with Gasteiger partial charge < -0.3 is 4.74 Å². The predicted octanol–water partition coefficient (Wildman–Crippen LogP) is 1.66. The summed E-state index contributed by atoms with van der Waals surface area (Å²) in [4.78, 5) is 11.2. The van der Waals surface area contributed by atoms with Crippen LogP contribution in [0.15, 0.2) is 0 Å². The first-order valence-electron chi connectivity index (χ1n) is 4.07. The van der Waals surface area contributed by atoms with Gasteiger partial charge in [0.2, 0.25) is 5.01 Å². The van der Waals surface area contributed by atoms with Crippen LogP contribution in [0.4, 0.5) is 0 Å². The van der Waals surface area contributed by atoms with Crippen LogP contribution in [0.25, 0.3) is 0 Å². The highest BCUT2D eigenvalue weighted by molar-refractivity contribution is 7.13. The fourth-order valence-electron chi connectivity index (χ4n) is 0.683. The number of nitrogens with zero attached hydrogens (tertiary/aromatic N) is 2. The van der Waals surface area contributed by atoms with Crippen LogP contribution in [-0.4, -0.2) is 22.8 Å². The number of esters is 1. The molecular weight excluding hydrogens is 188 g/mol. The molecule has 0 aliphatic rings. The monoisotopic (exact) mass is 200 g/mol. The first kappa shape index (κ1) is 10.1. The zero-order valence-corrected chi connectivity index (χ0v) is 8.72. The summed E-state index contributed by atoms with van der Waals surface area (Å²) in [7, 11) is 0. The van der Waals surface area contributed by atoms with E-state index in [1.54, 1.807) is 6.92 Å². The molecule has 0 unspecified atom stereocenters. The van der Waals surface area contributed by atoms with Gasteiger partial charge in [0.05, 0.1) is 6.61 Å². The third-order valence-electron chi connectivity index (χ3n) is 1.25. The van der Waals surface area contributed by atoms with E-state index in [2.05, 4.69) is 10.2 Å². The topological polar surface area (TPSA) is 52.1 Å². The molecule has 0 bridgehead atoms. The Labute approximate surface area is 80.9 Å². The van der Waals surface area contributed by atoms with E-state index in [9.17, 15) is 4.79 Å². The highest BCUT2D eigenvalue weighted by atomic mass is 32.1. The van der Waals surface area contributed by atoms with Crippen LogP contribution in [-0.2, 0) is 4.74 Å². The van der Waals surface area contributed by atoms with Crippen molar-refractivity contribution in [2.75, 3.05) is 6.61 Å². The third kappa shape index (κ3) is 3.10. The number of ether oxygens (including phenoxy) is 1. The lowest BCUT2D eigenvalue weighted by Crippen LogP contribution is -2.09. The zero-order valence-electron chi connectivity index (χ0n) is 7.90. The van der Waals surface area contributed by atoms with Gasteiger partial charge in [0.25, 0.3) is 0 Å². The molecule has 1 aromatic heterocycles. The standard InChI is InChI=1S/C8H12N2O2S/c1-5(2)4-12-8(11)7-10-9-6(3)13-7/h5H,4H2,1-3H3. The highest BCUT2D eigenvalue weighted by Crippen LogP contribution is 2.09. The van der Waals surface area contributed by atoms with Crippen molar-refractivity contribution in [3.05, 3.63) is 10.0 Å². The van der Waals surface area contributed by atoms with Gasteiger partial charge in [-0.05, 0) is 12.8 Å². The van der Waals surface area contributed by atoms with E-state index in [0.717, 1.165) is 5.01 Å². The van der Waals surface area contributed by atoms with Gasteiger partial charge in [-0.2, -0.15) is 0 Å². The van der Waals surface area contributed by atoms with E-state index in [4.69, 9.17) is 4.74 Å². The predicted molar refractivity (Wildman–Crippen MR) is 49.8 cm³/mol. The third-order valence-corrected chi connectivity index (χ3v) is 2.07. The van der Waals surface area contributed by atoms with E-state index in [1.165, 1.54) is 11.3 Å². The van der Waals surface area contributed by atoms with Gasteiger partial charge in [-0.1, -0.05) is 25.2 Å². The van der Waals surface area contributed by atoms with E-state index in [0.29, 0.717) is 17.5 Å². The minimum Gasteiger partial charge on any atom is -0.460 e. The number of carbonyl (C=O) groups is 1. The Morgan fingerprint density at radius 1 is 1.54 bits per heavy atom. The molecule has 0 saturated heterocycles. The average Bonchev–Trinajstić information content (AvgIpc) is 2.47. The molecule has 0 spiro atoms. The molecule has 0 atom stereocenters. The Bertz CT molecular complexity index is 296. The Hall–Kier alpha value is -0.970. The smallest absolute Gasteiger partial charge is 0.369 e. The molecule has 0 amide bonds. The maximum Gasteiger partial charge on any atom is 0.369 e. The van der Waals surface area contributed by atoms with Crippen molar-refractivity contribution in [1.29, 1.82) is 0 Å². The lowest BCUT2D eigenvalue weighted by molar-refractivity contribution is 0.0457. The van der Waals surface area contributed by atoms with E-state index < -0.39 is 0 Å². The minimum absolute atomic E-state index is 0.332. The zero-order chi connectivity index (χ0) is 9.84. The fourth-order valence-corrected chi connectivity index (χ4v) is 1.27. The quantitative estimate of drug-likeness (QED) is 0.696. The summed E-state index contributed by atoms with van der Waals surface area (Å²) in [6.07, 6.45) is 0. The Balaban J connectivity index is 2.49. The number of rotatable bonds is 3. The SMILES string of the molecule is Cc1nnc(C(=O)OCC(C)C)s1. The number of aryl methyl sites for hydroxylation is 1. The lowest BCUT2D eigenvalue weighted by Gasteiger charge is -2.03.